The van der Waals surface area contributed by atoms with Crippen LogP contribution in [-0.4, -0.2) is 40.6 Å². The van der Waals surface area contributed by atoms with Gasteiger partial charge in [-0.3, -0.25) is 9.69 Å². The molecule has 2 fully saturated rings. The highest BCUT2D eigenvalue weighted by atomic mass is 32.1. The van der Waals surface area contributed by atoms with Gasteiger partial charge in [-0.15, -0.1) is 11.3 Å². The number of benzene rings is 2. The number of nitrogens with zero attached hydrogens (tertiary/aromatic N) is 2. The van der Waals surface area contributed by atoms with Crippen molar-refractivity contribution in [3.63, 3.8) is 0 Å². The van der Waals surface area contributed by atoms with Crippen molar-refractivity contribution in [2.75, 3.05) is 0 Å². The van der Waals surface area contributed by atoms with E-state index in [4.69, 9.17) is 4.74 Å². The third-order valence-electron chi connectivity index (χ3n) is 7.01. The molecule has 1 aromatic heterocycles. The van der Waals surface area contributed by atoms with Crippen LogP contribution < -0.4 is 5.32 Å². The number of piperidine rings is 1. The summed E-state index contributed by atoms with van der Waals surface area (Å²) in [6.07, 6.45) is 2.60. The summed E-state index contributed by atoms with van der Waals surface area (Å²) in [6, 6.07) is 19.8. The van der Waals surface area contributed by atoms with E-state index < -0.39 is 23.8 Å². The van der Waals surface area contributed by atoms with Crippen LogP contribution in [0, 0.1) is 17.2 Å². The molecule has 1 aliphatic heterocycles. The molecule has 186 valence electrons. The lowest BCUT2D eigenvalue weighted by Gasteiger charge is -2.35. The fraction of sp³-hybridized carbons (Fsp3) is 0.414. The zero-order valence-electron chi connectivity index (χ0n) is 20.9. The van der Waals surface area contributed by atoms with Gasteiger partial charge in [-0.1, -0.05) is 36.4 Å². The minimum atomic E-state index is -0.668. The standard InChI is InChI=1S/C29H31N3O3S/c1-29(2,3)35-28(34)32-23-11-9-20(14-23)26(32)27(33)31-22(17-30)16-24-15-21-13-19(10-12-25(21)36-24)18-7-5-4-6-8-18/h4-8,10,12-13,15,20,22-23,26H,9,11,14,16H2,1-3H3,(H,31,33)/t20-,22?,23+,26-/m0/s1. The smallest absolute Gasteiger partial charge is 0.411 e. The van der Waals surface area contributed by atoms with Crippen LogP contribution in [-0.2, 0) is 16.0 Å². The zero-order chi connectivity index (χ0) is 25.4. The maximum atomic E-state index is 13.3. The van der Waals surface area contributed by atoms with Crippen molar-refractivity contribution in [1.82, 2.24) is 10.2 Å². The molecule has 1 saturated carbocycles. The van der Waals surface area contributed by atoms with Gasteiger partial charge in [0, 0.05) is 22.0 Å². The second kappa shape index (κ2) is 9.59. The number of likely N-dealkylation sites (tertiary alicyclic amines) is 1. The van der Waals surface area contributed by atoms with Gasteiger partial charge in [0.2, 0.25) is 5.91 Å². The molecule has 5 rings (SSSR count). The highest BCUT2D eigenvalue weighted by Crippen LogP contribution is 2.43. The Morgan fingerprint density at radius 1 is 1.14 bits per heavy atom. The van der Waals surface area contributed by atoms with E-state index in [-0.39, 0.29) is 17.9 Å². The molecule has 1 unspecified atom stereocenters. The van der Waals surface area contributed by atoms with Crippen molar-refractivity contribution in [1.29, 1.82) is 5.26 Å². The van der Waals surface area contributed by atoms with Crippen LogP contribution in [0.25, 0.3) is 21.2 Å². The van der Waals surface area contributed by atoms with E-state index in [1.807, 2.05) is 39.0 Å². The van der Waals surface area contributed by atoms with E-state index in [1.165, 1.54) is 0 Å². The molecule has 2 bridgehead atoms. The average molecular weight is 502 g/mol. The van der Waals surface area contributed by atoms with Crippen LogP contribution in [0.5, 0.6) is 0 Å². The number of fused-ring (bicyclic) bond motifs is 3. The molecule has 2 heterocycles. The number of hydrogen-bond acceptors (Lipinski definition) is 5. The number of carbonyl (C=O) groups is 2. The first kappa shape index (κ1) is 24.3. The van der Waals surface area contributed by atoms with Crippen molar-refractivity contribution in [3.05, 3.63) is 59.5 Å². The summed E-state index contributed by atoms with van der Waals surface area (Å²) >= 11 is 1.64. The number of hydrogen-bond donors (Lipinski definition) is 1. The van der Waals surface area contributed by atoms with Gasteiger partial charge in [0.25, 0.3) is 0 Å². The number of rotatable bonds is 5. The molecular weight excluding hydrogens is 470 g/mol. The SMILES string of the molecule is CC(C)(C)OC(=O)N1[C@@H]2CC[C@@H](C2)[C@H]1C(=O)NC(C#N)Cc1cc2cc(-c3ccccc3)ccc2s1. The minimum Gasteiger partial charge on any atom is -0.444 e. The quantitative estimate of drug-likeness (QED) is 0.471. The number of ether oxygens (including phenoxy) is 1. The number of thiophene rings is 1. The summed E-state index contributed by atoms with van der Waals surface area (Å²) < 4.78 is 6.75. The first-order valence-electron chi connectivity index (χ1n) is 12.5. The minimum absolute atomic E-state index is 0.0301. The van der Waals surface area contributed by atoms with E-state index in [0.29, 0.717) is 6.42 Å². The van der Waals surface area contributed by atoms with E-state index in [9.17, 15) is 14.9 Å². The topological polar surface area (TPSA) is 82.4 Å². The Balaban J connectivity index is 1.29. The molecular formula is C29H31N3O3S. The van der Waals surface area contributed by atoms with Crippen LogP contribution in [0.2, 0.25) is 0 Å². The summed E-state index contributed by atoms with van der Waals surface area (Å²) in [7, 11) is 0. The third kappa shape index (κ3) is 4.96. The molecule has 36 heavy (non-hydrogen) atoms. The molecule has 6 nitrogen and oxygen atoms in total. The first-order valence-corrected chi connectivity index (χ1v) is 13.3. The molecule has 1 N–H and O–H groups in total. The second-order valence-corrected chi connectivity index (χ2v) is 12.0. The molecule has 7 heteroatoms. The summed E-state index contributed by atoms with van der Waals surface area (Å²) in [6.45, 7) is 5.48. The molecule has 0 radical (unpaired) electrons. The van der Waals surface area contributed by atoms with Gasteiger partial charge < -0.3 is 10.1 Å². The Labute approximate surface area is 215 Å². The lowest BCUT2D eigenvalue weighted by Crippen LogP contribution is -2.55. The van der Waals surface area contributed by atoms with Crippen LogP contribution in [0.3, 0.4) is 0 Å². The van der Waals surface area contributed by atoms with E-state index in [1.54, 1.807) is 16.2 Å². The predicted molar refractivity (Wildman–Crippen MR) is 141 cm³/mol. The maximum absolute atomic E-state index is 13.3. The summed E-state index contributed by atoms with van der Waals surface area (Å²) in [5, 5.41) is 13.9. The largest absolute Gasteiger partial charge is 0.444 e. The Kier molecular flexibility index (Phi) is 6.48. The first-order chi connectivity index (χ1) is 17.2. The normalized spacial score (nSPS) is 21.8. The van der Waals surface area contributed by atoms with Gasteiger partial charge in [0.05, 0.1) is 6.07 Å². The average Bonchev–Trinajstić information content (AvgIpc) is 3.56. The molecule has 4 atom stereocenters. The number of nitrogens with one attached hydrogen (secondary N) is 1. The Morgan fingerprint density at radius 2 is 1.92 bits per heavy atom. The number of nitriles is 1. The van der Waals surface area contributed by atoms with E-state index in [2.05, 4.69) is 47.8 Å². The van der Waals surface area contributed by atoms with Crippen LogP contribution in [0.15, 0.2) is 54.6 Å². The second-order valence-electron chi connectivity index (χ2n) is 10.8. The Morgan fingerprint density at radius 3 is 2.64 bits per heavy atom. The van der Waals surface area contributed by atoms with Crippen LogP contribution >= 0.6 is 11.3 Å². The van der Waals surface area contributed by atoms with Crippen LogP contribution in [0.4, 0.5) is 4.79 Å². The number of amides is 2. The lowest BCUT2D eigenvalue weighted by atomic mass is 9.97. The van der Waals surface area contributed by atoms with E-state index in [0.717, 1.165) is 45.4 Å². The molecule has 1 aliphatic carbocycles. The molecule has 2 amide bonds. The molecule has 2 aromatic carbocycles. The van der Waals surface area contributed by atoms with Gasteiger partial charge in [0.15, 0.2) is 0 Å². The summed E-state index contributed by atoms with van der Waals surface area (Å²) in [4.78, 5) is 28.9. The third-order valence-corrected chi connectivity index (χ3v) is 8.15. The fourth-order valence-corrected chi connectivity index (χ4v) is 6.59. The molecule has 1 saturated heterocycles. The Hall–Kier alpha value is -3.37. The lowest BCUT2D eigenvalue weighted by molar-refractivity contribution is -0.128. The van der Waals surface area contributed by atoms with Crippen molar-refractivity contribution in [3.8, 4) is 17.2 Å². The predicted octanol–water partition coefficient (Wildman–Crippen LogP) is 5.91. The maximum Gasteiger partial charge on any atom is 0.411 e. The van der Waals surface area contributed by atoms with Crippen LogP contribution in [0.1, 0.15) is 44.9 Å². The Bertz CT molecular complexity index is 1320. The van der Waals surface area contributed by atoms with Crippen molar-refractivity contribution in [2.24, 2.45) is 5.92 Å². The summed E-state index contributed by atoms with van der Waals surface area (Å²) in [5.41, 5.74) is 1.68. The zero-order valence-corrected chi connectivity index (χ0v) is 21.7. The van der Waals surface area contributed by atoms with Gasteiger partial charge >= 0.3 is 6.09 Å². The van der Waals surface area contributed by atoms with Crippen molar-refractivity contribution >= 4 is 33.4 Å². The van der Waals surface area contributed by atoms with Crippen molar-refractivity contribution < 1.29 is 14.3 Å². The fourth-order valence-electron chi connectivity index (χ4n) is 5.50. The summed E-state index contributed by atoms with van der Waals surface area (Å²) in [5.74, 6) is -0.144. The van der Waals surface area contributed by atoms with Gasteiger partial charge in [0.1, 0.15) is 17.7 Å². The van der Waals surface area contributed by atoms with Gasteiger partial charge in [-0.05, 0) is 80.7 Å². The molecule has 0 spiro atoms. The van der Waals surface area contributed by atoms with Gasteiger partial charge in [-0.25, -0.2) is 4.79 Å². The monoisotopic (exact) mass is 501 g/mol. The van der Waals surface area contributed by atoms with Gasteiger partial charge in [-0.2, -0.15) is 5.26 Å². The highest BCUT2D eigenvalue weighted by molar-refractivity contribution is 7.19. The number of carbonyl (C=O) groups excluding carboxylic acids is 2. The highest BCUT2D eigenvalue weighted by Gasteiger charge is 2.52. The van der Waals surface area contributed by atoms with Crippen molar-refractivity contribution in [2.45, 2.75) is 70.2 Å². The molecule has 2 aliphatic rings. The molecule has 3 aromatic rings. The van der Waals surface area contributed by atoms with E-state index >= 15 is 0 Å².